The van der Waals surface area contributed by atoms with E-state index in [1.54, 1.807) is 30.6 Å². The van der Waals surface area contributed by atoms with E-state index in [4.69, 9.17) is 9.47 Å². The molecule has 1 aliphatic heterocycles. The highest BCUT2D eigenvalue weighted by Gasteiger charge is 2.21. The molecule has 0 aromatic carbocycles. The minimum Gasteiger partial charge on any atom is -0.471 e. The van der Waals surface area contributed by atoms with Gasteiger partial charge in [0.25, 0.3) is 5.91 Å². The number of anilines is 1. The maximum Gasteiger partial charge on any atom is 0.262 e. The average molecular weight is 299 g/mol. The largest absolute Gasteiger partial charge is 0.471 e. The SMILES string of the molecule is Cc1ccnc(NC(=O)c2cccnc2OC2CCOC2)c1. The number of hydrogen-bond acceptors (Lipinski definition) is 5. The van der Waals surface area contributed by atoms with E-state index < -0.39 is 0 Å². The number of carbonyl (C=O) groups is 1. The molecule has 0 spiro atoms. The standard InChI is InChI=1S/C16H17N3O3/c1-11-4-7-17-14(9-11)19-15(20)13-3-2-6-18-16(13)22-12-5-8-21-10-12/h2-4,6-7,9,12H,5,8,10H2,1H3,(H,17,19,20). The van der Waals surface area contributed by atoms with Gasteiger partial charge in [-0.25, -0.2) is 9.97 Å². The monoisotopic (exact) mass is 299 g/mol. The van der Waals surface area contributed by atoms with Crippen LogP contribution in [0.3, 0.4) is 0 Å². The number of aromatic nitrogens is 2. The van der Waals surface area contributed by atoms with Gasteiger partial charge in [0.05, 0.1) is 13.2 Å². The highest BCUT2D eigenvalue weighted by Crippen LogP contribution is 2.20. The second kappa shape index (κ2) is 6.53. The highest BCUT2D eigenvalue weighted by molar-refractivity contribution is 6.05. The van der Waals surface area contributed by atoms with E-state index in [1.807, 2.05) is 13.0 Å². The Morgan fingerprint density at radius 3 is 3.05 bits per heavy atom. The van der Waals surface area contributed by atoms with Gasteiger partial charge in [-0.15, -0.1) is 0 Å². The summed E-state index contributed by atoms with van der Waals surface area (Å²) in [4.78, 5) is 20.7. The molecular weight excluding hydrogens is 282 g/mol. The normalized spacial score (nSPS) is 17.2. The predicted octanol–water partition coefficient (Wildman–Crippen LogP) is 2.21. The summed E-state index contributed by atoms with van der Waals surface area (Å²) < 4.78 is 11.0. The molecule has 3 rings (SSSR count). The van der Waals surface area contributed by atoms with E-state index >= 15 is 0 Å². The molecule has 6 heteroatoms. The molecule has 2 aromatic heterocycles. The van der Waals surface area contributed by atoms with Crippen LogP contribution in [0.5, 0.6) is 5.88 Å². The van der Waals surface area contributed by atoms with Gasteiger partial charge in [0.2, 0.25) is 5.88 Å². The van der Waals surface area contributed by atoms with Gasteiger partial charge in [0, 0.05) is 18.8 Å². The molecule has 1 amide bonds. The zero-order valence-electron chi connectivity index (χ0n) is 12.3. The molecule has 22 heavy (non-hydrogen) atoms. The maximum absolute atomic E-state index is 12.4. The number of pyridine rings is 2. The number of nitrogens with zero attached hydrogens (tertiary/aromatic N) is 2. The van der Waals surface area contributed by atoms with Crippen molar-refractivity contribution in [1.82, 2.24) is 9.97 Å². The number of ether oxygens (including phenoxy) is 2. The minimum absolute atomic E-state index is 0.0569. The Bertz CT molecular complexity index is 669. The summed E-state index contributed by atoms with van der Waals surface area (Å²) in [7, 11) is 0. The van der Waals surface area contributed by atoms with Crippen LogP contribution in [-0.4, -0.2) is 35.2 Å². The first-order valence-electron chi connectivity index (χ1n) is 7.16. The fourth-order valence-electron chi connectivity index (χ4n) is 2.21. The molecule has 0 radical (unpaired) electrons. The first kappa shape index (κ1) is 14.5. The van der Waals surface area contributed by atoms with Gasteiger partial charge in [-0.05, 0) is 36.8 Å². The van der Waals surface area contributed by atoms with Crippen molar-refractivity contribution >= 4 is 11.7 Å². The average Bonchev–Trinajstić information content (AvgIpc) is 3.01. The summed E-state index contributed by atoms with van der Waals surface area (Å²) in [6, 6.07) is 7.06. The molecule has 1 N–H and O–H groups in total. The van der Waals surface area contributed by atoms with Crippen molar-refractivity contribution in [1.29, 1.82) is 0 Å². The quantitative estimate of drug-likeness (QED) is 0.937. The molecule has 1 atom stereocenters. The Labute approximate surface area is 128 Å². The van der Waals surface area contributed by atoms with Gasteiger partial charge in [-0.2, -0.15) is 0 Å². The first-order valence-corrected chi connectivity index (χ1v) is 7.16. The van der Waals surface area contributed by atoms with Crippen LogP contribution in [-0.2, 0) is 4.74 Å². The van der Waals surface area contributed by atoms with Gasteiger partial charge >= 0.3 is 0 Å². The number of carbonyl (C=O) groups excluding carboxylic acids is 1. The van der Waals surface area contributed by atoms with E-state index in [1.165, 1.54) is 0 Å². The van der Waals surface area contributed by atoms with Crippen LogP contribution >= 0.6 is 0 Å². The molecule has 6 nitrogen and oxygen atoms in total. The lowest BCUT2D eigenvalue weighted by molar-refractivity contribution is 0.101. The summed E-state index contributed by atoms with van der Waals surface area (Å²) in [5.74, 6) is 0.535. The minimum atomic E-state index is -0.292. The smallest absolute Gasteiger partial charge is 0.262 e. The van der Waals surface area contributed by atoms with E-state index in [0.717, 1.165) is 12.0 Å². The van der Waals surface area contributed by atoms with Crippen molar-refractivity contribution in [2.75, 3.05) is 18.5 Å². The Hall–Kier alpha value is -2.47. The van der Waals surface area contributed by atoms with Gasteiger partial charge in [0.1, 0.15) is 17.5 Å². The third kappa shape index (κ3) is 3.40. The summed E-state index contributed by atoms with van der Waals surface area (Å²) in [6.07, 6.45) is 4.00. The van der Waals surface area contributed by atoms with Gasteiger partial charge < -0.3 is 14.8 Å². The number of hydrogen-bond donors (Lipinski definition) is 1. The summed E-state index contributed by atoms with van der Waals surface area (Å²) in [5.41, 5.74) is 1.41. The van der Waals surface area contributed by atoms with Crippen molar-refractivity contribution in [3.63, 3.8) is 0 Å². The van der Waals surface area contributed by atoms with E-state index in [2.05, 4.69) is 15.3 Å². The predicted molar refractivity (Wildman–Crippen MR) is 81.0 cm³/mol. The third-order valence-electron chi connectivity index (χ3n) is 3.34. The van der Waals surface area contributed by atoms with E-state index in [0.29, 0.717) is 30.5 Å². The third-order valence-corrected chi connectivity index (χ3v) is 3.34. The van der Waals surface area contributed by atoms with Crippen molar-refractivity contribution < 1.29 is 14.3 Å². The zero-order valence-corrected chi connectivity index (χ0v) is 12.3. The topological polar surface area (TPSA) is 73.3 Å². The Kier molecular flexibility index (Phi) is 4.29. The molecule has 0 aliphatic carbocycles. The van der Waals surface area contributed by atoms with Crippen LogP contribution < -0.4 is 10.1 Å². The van der Waals surface area contributed by atoms with E-state index in [-0.39, 0.29) is 12.0 Å². The molecule has 1 saturated heterocycles. The molecular formula is C16H17N3O3. The van der Waals surface area contributed by atoms with Crippen LogP contribution in [0.15, 0.2) is 36.7 Å². The fraction of sp³-hybridized carbons (Fsp3) is 0.312. The molecule has 0 bridgehead atoms. The molecule has 3 heterocycles. The van der Waals surface area contributed by atoms with Crippen LogP contribution in [0.2, 0.25) is 0 Å². The van der Waals surface area contributed by atoms with Gasteiger partial charge in [-0.3, -0.25) is 4.79 Å². The van der Waals surface area contributed by atoms with Crippen LogP contribution in [0.25, 0.3) is 0 Å². The Morgan fingerprint density at radius 1 is 1.36 bits per heavy atom. The number of amides is 1. The van der Waals surface area contributed by atoms with Crippen LogP contribution in [0.4, 0.5) is 5.82 Å². The summed E-state index contributed by atoms with van der Waals surface area (Å²) in [5, 5.41) is 2.76. The summed E-state index contributed by atoms with van der Waals surface area (Å²) in [6.45, 7) is 3.14. The van der Waals surface area contributed by atoms with Crippen molar-refractivity contribution in [2.45, 2.75) is 19.4 Å². The van der Waals surface area contributed by atoms with Gasteiger partial charge in [-0.1, -0.05) is 0 Å². The lowest BCUT2D eigenvalue weighted by Crippen LogP contribution is -2.20. The van der Waals surface area contributed by atoms with Crippen molar-refractivity contribution in [3.05, 3.63) is 47.8 Å². The highest BCUT2D eigenvalue weighted by atomic mass is 16.5. The van der Waals surface area contributed by atoms with Crippen LogP contribution in [0, 0.1) is 6.92 Å². The molecule has 1 fully saturated rings. The van der Waals surface area contributed by atoms with Gasteiger partial charge in [0.15, 0.2) is 0 Å². The maximum atomic E-state index is 12.4. The molecule has 1 aliphatic rings. The Morgan fingerprint density at radius 2 is 2.27 bits per heavy atom. The molecule has 1 unspecified atom stereocenters. The van der Waals surface area contributed by atoms with Crippen molar-refractivity contribution in [2.24, 2.45) is 0 Å². The summed E-state index contributed by atoms with van der Waals surface area (Å²) >= 11 is 0. The lowest BCUT2D eigenvalue weighted by Gasteiger charge is -2.14. The fourth-order valence-corrected chi connectivity index (χ4v) is 2.21. The Balaban J connectivity index is 1.76. The number of nitrogens with one attached hydrogen (secondary N) is 1. The first-order chi connectivity index (χ1) is 10.7. The molecule has 0 saturated carbocycles. The lowest BCUT2D eigenvalue weighted by atomic mass is 10.2. The number of rotatable bonds is 4. The molecule has 2 aromatic rings. The van der Waals surface area contributed by atoms with E-state index in [9.17, 15) is 4.79 Å². The second-order valence-electron chi connectivity index (χ2n) is 5.13. The van der Waals surface area contributed by atoms with Crippen LogP contribution in [0.1, 0.15) is 22.3 Å². The zero-order chi connectivity index (χ0) is 15.4. The molecule has 114 valence electrons. The number of aryl methyl sites for hydroxylation is 1. The second-order valence-corrected chi connectivity index (χ2v) is 5.13. The van der Waals surface area contributed by atoms with Crippen molar-refractivity contribution in [3.8, 4) is 5.88 Å².